The van der Waals surface area contributed by atoms with Crippen molar-refractivity contribution in [1.29, 1.82) is 0 Å². The van der Waals surface area contributed by atoms with Crippen molar-refractivity contribution in [1.82, 2.24) is 28.9 Å². The van der Waals surface area contributed by atoms with Crippen molar-refractivity contribution >= 4 is 32.9 Å². The quantitative estimate of drug-likeness (QED) is 0.460. The molecule has 3 heterocycles. The van der Waals surface area contributed by atoms with E-state index in [0.29, 0.717) is 23.4 Å². The first kappa shape index (κ1) is 21.4. The number of nitrogens with one attached hydrogen (secondary N) is 1. The Bertz CT molecular complexity index is 1460. The largest absolute Gasteiger partial charge is 0.465 e. The van der Waals surface area contributed by atoms with Crippen LogP contribution in [0.1, 0.15) is 43.5 Å². The van der Waals surface area contributed by atoms with E-state index in [1.54, 1.807) is 30.3 Å². The summed E-state index contributed by atoms with van der Waals surface area (Å²) in [6.45, 7) is 3.97. The third kappa shape index (κ3) is 3.52. The van der Waals surface area contributed by atoms with E-state index in [0.717, 1.165) is 18.4 Å². The summed E-state index contributed by atoms with van der Waals surface area (Å²) in [6.07, 6.45) is 4.18. The van der Waals surface area contributed by atoms with Gasteiger partial charge in [-0.15, -0.1) is 10.2 Å². The fourth-order valence-electron chi connectivity index (χ4n) is 4.89. The van der Waals surface area contributed by atoms with Crippen molar-refractivity contribution in [3.05, 3.63) is 54.1 Å². The number of amides is 1. The molecule has 0 saturated heterocycles. The number of hydrogen-bond donors (Lipinski definition) is 2. The first-order chi connectivity index (χ1) is 15.8. The Morgan fingerprint density at radius 1 is 1.18 bits per heavy atom. The van der Waals surface area contributed by atoms with Crippen LogP contribution in [0.4, 0.5) is 4.79 Å². The summed E-state index contributed by atoms with van der Waals surface area (Å²) in [5.74, 6) is 0.921. The maximum Gasteiger partial charge on any atom is 0.404 e. The first-order valence-corrected chi connectivity index (χ1v) is 12.3. The topological polar surface area (TPSA) is 131 Å². The molecule has 172 valence electrons. The van der Waals surface area contributed by atoms with Crippen LogP contribution in [0.3, 0.4) is 0 Å². The van der Waals surface area contributed by atoms with Crippen LogP contribution in [-0.2, 0) is 10.0 Å². The van der Waals surface area contributed by atoms with Crippen LogP contribution >= 0.6 is 0 Å². The van der Waals surface area contributed by atoms with E-state index in [1.807, 2.05) is 11.3 Å². The molecular formula is C22H24N6O4S. The molecule has 1 aliphatic rings. The zero-order valence-electron chi connectivity index (χ0n) is 18.2. The lowest BCUT2D eigenvalue weighted by atomic mass is 9.93. The third-order valence-corrected chi connectivity index (χ3v) is 8.20. The van der Waals surface area contributed by atoms with Crippen LogP contribution in [0, 0.1) is 12.8 Å². The van der Waals surface area contributed by atoms with Gasteiger partial charge in [0.1, 0.15) is 5.82 Å². The van der Waals surface area contributed by atoms with Gasteiger partial charge < -0.3 is 10.4 Å². The zero-order chi connectivity index (χ0) is 23.3. The van der Waals surface area contributed by atoms with Gasteiger partial charge in [0.15, 0.2) is 11.3 Å². The number of carboxylic acid groups (broad SMARTS) is 1. The normalized spacial score (nSPS) is 21.1. The fraction of sp³-hybridized carbons (Fsp3) is 0.364. The molecular weight excluding hydrogens is 444 g/mol. The van der Waals surface area contributed by atoms with E-state index in [-0.39, 0.29) is 28.4 Å². The lowest BCUT2D eigenvalue weighted by Gasteiger charge is -2.16. The highest BCUT2D eigenvalue weighted by atomic mass is 32.2. The van der Waals surface area contributed by atoms with Crippen molar-refractivity contribution in [3.63, 3.8) is 0 Å². The minimum Gasteiger partial charge on any atom is -0.465 e. The number of nitrogens with zero attached hydrogens (tertiary/aromatic N) is 5. The van der Waals surface area contributed by atoms with Gasteiger partial charge in [0, 0.05) is 18.2 Å². The molecule has 2 N–H and O–H groups in total. The van der Waals surface area contributed by atoms with Crippen molar-refractivity contribution in [3.8, 4) is 0 Å². The molecule has 1 saturated carbocycles. The summed E-state index contributed by atoms with van der Waals surface area (Å²) < 4.78 is 29.6. The van der Waals surface area contributed by atoms with Crippen molar-refractivity contribution < 1.29 is 18.3 Å². The molecule has 1 aliphatic carbocycles. The molecule has 1 fully saturated rings. The number of carbonyl (C=O) groups is 1. The monoisotopic (exact) mass is 468 g/mol. The Kier molecular flexibility index (Phi) is 5.08. The summed E-state index contributed by atoms with van der Waals surface area (Å²) in [6, 6.07) is 8.23. The maximum atomic E-state index is 13.3. The molecule has 1 amide bonds. The van der Waals surface area contributed by atoms with Gasteiger partial charge in [0.2, 0.25) is 0 Å². The summed E-state index contributed by atoms with van der Waals surface area (Å²) in [4.78, 5) is 15.7. The van der Waals surface area contributed by atoms with Gasteiger partial charge in [-0.05, 0) is 43.9 Å². The summed E-state index contributed by atoms with van der Waals surface area (Å²) in [5, 5.41) is 20.4. The smallest absolute Gasteiger partial charge is 0.404 e. The molecule has 3 aromatic heterocycles. The molecule has 0 spiro atoms. The number of aryl methyl sites for hydroxylation is 1. The molecule has 1 aromatic carbocycles. The molecule has 4 aromatic rings. The van der Waals surface area contributed by atoms with Crippen LogP contribution in [-0.4, -0.2) is 49.2 Å². The summed E-state index contributed by atoms with van der Waals surface area (Å²) >= 11 is 0. The predicted molar refractivity (Wildman–Crippen MR) is 121 cm³/mol. The van der Waals surface area contributed by atoms with Crippen LogP contribution in [0.5, 0.6) is 0 Å². The minimum absolute atomic E-state index is 0.00972. The van der Waals surface area contributed by atoms with Gasteiger partial charge in [-0.3, -0.25) is 4.40 Å². The van der Waals surface area contributed by atoms with Gasteiger partial charge in [0.05, 0.1) is 16.6 Å². The highest BCUT2D eigenvalue weighted by molar-refractivity contribution is 7.90. The molecule has 0 radical (unpaired) electrons. The van der Waals surface area contributed by atoms with Crippen molar-refractivity contribution in [2.75, 3.05) is 0 Å². The van der Waals surface area contributed by atoms with Crippen LogP contribution < -0.4 is 5.32 Å². The molecule has 10 nitrogen and oxygen atoms in total. The average molecular weight is 469 g/mol. The van der Waals surface area contributed by atoms with Gasteiger partial charge >= 0.3 is 6.09 Å². The Labute approximate surface area is 190 Å². The minimum atomic E-state index is -3.84. The van der Waals surface area contributed by atoms with Crippen molar-refractivity contribution in [2.24, 2.45) is 5.92 Å². The summed E-state index contributed by atoms with van der Waals surface area (Å²) in [5.41, 5.74) is 2.37. The number of rotatable bonds is 5. The highest BCUT2D eigenvalue weighted by Crippen LogP contribution is 2.41. The Balaban J connectivity index is 1.62. The molecule has 0 aliphatic heterocycles. The van der Waals surface area contributed by atoms with Gasteiger partial charge in [-0.2, -0.15) is 0 Å². The van der Waals surface area contributed by atoms with E-state index >= 15 is 0 Å². The van der Waals surface area contributed by atoms with E-state index < -0.39 is 16.1 Å². The number of benzene rings is 1. The fourth-order valence-corrected chi connectivity index (χ4v) is 6.19. The number of aromatic nitrogens is 5. The van der Waals surface area contributed by atoms with Gasteiger partial charge in [-0.25, -0.2) is 22.2 Å². The Hall–Kier alpha value is -3.47. The van der Waals surface area contributed by atoms with Crippen LogP contribution in [0.25, 0.3) is 16.8 Å². The maximum absolute atomic E-state index is 13.3. The zero-order valence-corrected chi connectivity index (χ0v) is 19.0. The van der Waals surface area contributed by atoms with Crippen LogP contribution in [0.15, 0.2) is 47.6 Å². The number of fused-ring (bicyclic) bond motifs is 3. The lowest BCUT2D eigenvalue weighted by molar-refractivity contribution is 0.189. The molecule has 11 heteroatoms. The molecule has 0 bridgehead atoms. The van der Waals surface area contributed by atoms with E-state index in [9.17, 15) is 13.2 Å². The molecule has 33 heavy (non-hydrogen) atoms. The van der Waals surface area contributed by atoms with Crippen LogP contribution in [0.2, 0.25) is 0 Å². The van der Waals surface area contributed by atoms with Gasteiger partial charge in [-0.1, -0.05) is 31.0 Å². The summed E-state index contributed by atoms with van der Waals surface area (Å²) in [7, 11) is -3.84. The highest BCUT2D eigenvalue weighted by Gasteiger charge is 2.38. The average Bonchev–Trinajstić information content (AvgIpc) is 3.49. The first-order valence-electron chi connectivity index (χ1n) is 10.8. The molecule has 5 rings (SSSR count). The third-order valence-electron chi connectivity index (χ3n) is 6.52. The standard InChI is InChI=1S/C22H24N6O4S/c1-3-14-10-15(24-22(29)30)11-17(14)20-26-25-19-12-23-21-18(28(19)20)8-9-27(21)33(31,32)16-6-4-13(2)5-7-16/h4-9,12,14-15,17,24H,3,10-11H2,1-2H3,(H,29,30)/t14-,15+,17+/m1/s1. The Morgan fingerprint density at radius 2 is 1.94 bits per heavy atom. The second-order valence-corrected chi connectivity index (χ2v) is 10.4. The van der Waals surface area contributed by atoms with Gasteiger partial charge in [0.25, 0.3) is 10.0 Å². The SMILES string of the molecule is CC[C@@H]1C[C@H](NC(=O)O)C[C@@H]1c1nnc2cnc3c(ccn3S(=O)(=O)c3ccc(C)cc3)n12. The van der Waals surface area contributed by atoms with E-state index in [2.05, 4.69) is 27.4 Å². The molecule has 3 atom stereocenters. The second-order valence-electron chi connectivity index (χ2n) is 8.54. The lowest BCUT2D eigenvalue weighted by Crippen LogP contribution is -2.31. The predicted octanol–water partition coefficient (Wildman–Crippen LogP) is 3.16. The van der Waals surface area contributed by atoms with E-state index in [4.69, 9.17) is 5.11 Å². The van der Waals surface area contributed by atoms with Crippen molar-refractivity contribution in [2.45, 2.75) is 50.0 Å². The second kappa shape index (κ2) is 7.84. The molecule has 0 unspecified atom stereocenters. The number of hydrogen-bond acceptors (Lipinski definition) is 6. The Morgan fingerprint density at radius 3 is 2.64 bits per heavy atom. The van der Waals surface area contributed by atoms with E-state index in [1.165, 1.54) is 16.4 Å².